The smallest absolute Gasteiger partial charge is 0.354 e. The quantitative estimate of drug-likeness (QED) is 0.634. The summed E-state index contributed by atoms with van der Waals surface area (Å²) in [7, 11) is 1.28. The number of oxime groups is 1. The molecule has 0 fully saturated rings. The molecule has 0 aliphatic rings. The summed E-state index contributed by atoms with van der Waals surface area (Å²) < 4.78 is 0.952. The van der Waals surface area contributed by atoms with Crippen molar-refractivity contribution in [3.63, 3.8) is 0 Å². The zero-order chi connectivity index (χ0) is 13.0. The Bertz CT molecular complexity index is 450. The topological polar surface area (TPSA) is 79.1 Å². The van der Waals surface area contributed by atoms with Gasteiger partial charge in [0.05, 0.1) is 8.95 Å². The lowest BCUT2D eigenvalue weighted by atomic mass is 10.1. The highest BCUT2D eigenvalue weighted by molar-refractivity contribution is 9.11. The number of halogens is 2. The number of aromatic hydroxyl groups is 1. The molecular weight excluding hydrogens is 358 g/mol. The van der Waals surface area contributed by atoms with E-state index in [-0.39, 0.29) is 17.9 Å². The van der Waals surface area contributed by atoms with Crippen LogP contribution in [0, 0.1) is 0 Å². The molecule has 0 atom stereocenters. The Morgan fingerprint density at radius 1 is 1.41 bits per heavy atom. The monoisotopic (exact) mass is 365 g/mol. The second kappa shape index (κ2) is 6.02. The molecule has 0 saturated heterocycles. The largest absolute Gasteiger partial charge is 0.506 e. The molecule has 0 unspecified atom stereocenters. The van der Waals surface area contributed by atoms with Gasteiger partial charge in [0.2, 0.25) is 0 Å². The number of phenolic OH excluding ortho intramolecular Hbond substituents is 1. The summed E-state index contributed by atoms with van der Waals surface area (Å²) in [4.78, 5) is 15.3. The molecule has 0 radical (unpaired) electrons. The molecule has 0 saturated carbocycles. The van der Waals surface area contributed by atoms with Crippen LogP contribution >= 0.6 is 31.9 Å². The standard InChI is InChI=1S/C10H9Br2NO4/c1-17-13-8(10(15)16)4-5-2-6(11)9(14)7(12)3-5/h2-3,14H,4H2,1H3,(H,15,16)/b13-8-. The summed E-state index contributed by atoms with van der Waals surface area (Å²) in [6.07, 6.45) is 0.0979. The van der Waals surface area contributed by atoms with Crippen LogP contribution in [0.15, 0.2) is 26.2 Å². The third-order valence-electron chi connectivity index (χ3n) is 1.90. The molecule has 0 aromatic heterocycles. The first-order chi connectivity index (χ1) is 7.95. The van der Waals surface area contributed by atoms with E-state index < -0.39 is 5.97 Å². The molecule has 92 valence electrons. The first-order valence-electron chi connectivity index (χ1n) is 4.46. The predicted molar refractivity (Wildman–Crippen MR) is 69.3 cm³/mol. The van der Waals surface area contributed by atoms with Gasteiger partial charge in [0.25, 0.3) is 0 Å². The van der Waals surface area contributed by atoms with Gasteiger partial charge in [-0.15, -0.1) is 0 Å². The molecule has 0 amide bonds. The van der Waals surface area contributed by atoms with Gasteiger partial charge in [-0.3, -0.25) is 0 Å². The molecule has 0 spiro atoms. The Morgan fingerprint density at radius 2 is 1.94 bits per heavy atom. The van der Waals surface area contributed by atoms with Crippen LogP contribution in [0.5, 0.6) is 5.75 Å². The summed E-state index contributed by atoms with van der Waals surface area (Å²) in [5.41, 5.74) is 0.566. The normalized spacial score (nSPS) is 11.4. The van der Waals surface area contributed by atoms with Gasteiger partial charge in [-0.25, -0.2) is 4.79 Å². The minimum atomic E-state index is -1.15. The number of rotatable bonds is 4. The molecule has 1 aromatic carbocycles. The van der Waals surface area contributed by atoms with Crippen LogP contribution in [0.3, 0.4) is 0 Å². The fourth-order valence-electron chi connectivity index (χ4n) is 1.17. The molecule has 1 rings (SSSR count). The Balaban J connectivity index is 3.03. The van der Waals surface area contributed by atoms with Gasteiger partial charge in [-0.05, 0) is 49.6 Å². The van der Waals surface area contributed by atoms with Crippen molar-refractivity contribution in [2.75, 3.05) is 7.11 Å². The van der Waals surface area contributed by atoms with Crippen molar-refractivity contribution in [3.8, 4) is 5.75 Å². The maximum absolute atomic E-state index is 10.8. The predicted octanol–water partition coefficient (Wildman–Crippen LogP) is 2.55. The van der Waals surface area contributed by atoms with Crippen LogP contribution in [0.1, 0.15) is 5.56 Å². The number of nitrogens with zero attached hydrogens (tertiary/aromatic N) is 1. The van der Waals surface area contributed by atoms with Crippen molar-refractivity contribution in [1.82, 2.24) is 0 Å². The third-order valence-corrected chi connectivity index (χ3v) is 3.11. The molecule has 5 nitrogen and oxygen atoms in total. The summed E-state index contributed by atoms with van der Waals surface area (Å²) in [6, 6.07) is 3.24. The minimum Gasteiger partial charge on any atom is -0.506 e. The van der Waals surface area contributed by atoms with Gasteiger partial charge in [-0.1, -0.05) is 5.16 Å². The maximum Gasteiger partial charge on any atom is 0.354 e. The van der Waals surface area contributed by atoms with E-state index in [4.69, 9.17) is 5.11 Å². The molecule has 2 N–H and O–H groups in total. The van der Waals surface area contributed by atoms with Crippen molar-refractivity contribution in [3.05, 3.63) is 26.6 Å². The Kier molecular flexibility index (Phi) is 4.95. The Morgan fingerprint density at radius 3 is 2.35 bits per heavy atom. The molecule has 17 heavy (non-hydrogen) atoms. The van der Waals surface area contributed by atoms with E-state index in [1.807, 2.05) is 0 Å². The van der Waals surface area contributed by atoms with Crippen LogP contribution in [0.2, 0.25) is 0 Å². The van der Waals surface area contributed by atoms with Gasteiger partial charge in [0, 0.05) is 6.42 Å². The van der Waals surface area contributed by atoms with Crippen molar-refractivity contribution in [2.45, 2.75) is 6.42 Å². The average molecular weight is 367 g/mol. The van der Waals surface area contributed by atoms with Crippen LogP contribution in [0.4, 0.5) is 0 Å². The number of carboxylic acids is 1. The number of carboxylic acid groups (broad SMARTS) is 1. The maximum atomic E-state index is 10.8. The zero-order valence-corrected chi connectivity index (χ0v) is 11.9. The number of benzene rings is 1. The fraction of sp³-hybridized carbons (Fsp3) is 0.200. The summed E-state index contributed by atoms with van der Waals surface area (Å²) in [6.45, 7) is 0. The zero-order valence-electron chi connectivity index (χ0n) is 8.78. The van der Waals surface area contributed by atoms with Crippen molar-refractivity contribution in [1.29, 1.82) is 0 Å². The van der Waals surface area contributed by atoms with Crippen LogP contribution in [0.25, 0.3) is 0 Å². The Hall–Kier alpha value is -1.08. The number of hydrogen-bond donors (Lipinski definition) is 2. The lowest BCUT2D eigenvalue weighted by molar-refractivity contribution is -0.129. The lowest BCUT2D eigenvalue weighted by Gasteiger charge is -2.05. The van der Waals surface area contributed by atoms with Crippen LogP contribution < -0.4 is 0 Å². The van der Waals surface area contributed by atoms with Gasteiger partial charge < -0.3 is 15.1 Å². The number of hydrogen-bond acceptors (Lipinski definition) is 4. The molecule has 0 aliphatic carbocycles. The number of phenols is 1. The van der Waals surface area contributed by atoms with E-state index >= 15 is 0 Å². The van der Waals surface area contributed by atoms with E-state index in [2.05, 4.69) is 41.9 Å². The highest BCUT2D eigenvalue weighted by atomic mass is 79.9. The third kappa shape index (κ3) is 3.71. The SMILES string of the molecule is CO/N=C(/Cc1cc(Br)c(O)c(Br)c1)C(=O)O. The number of carbonyl (C=O) groups is 1. The minimum absolute atomic E-state index is 0.0642. The molecular formula is C10H9Br2NO4. The van der Waals surface area contributed by atoms with Gasteiger partial charge in [0.15, 0.2) is 5.71 Å². The first kappa shape index (κ1) is 14.0. The van der Waals surface area contributed by atoms with Crippen molar-refractivity contribution in [2.24, 2.45) is 5.16 Å². The van der Waals surface area contributed by atoms with Gasteiger partial charge in [0.1, 0.15) is 12.9 Å². The van der Waals surface area contributed by atoms with Crippen LogP contribution in [-0.4, -0.2) is 29.0 Å². The second-order valence-corrected chi connectivity index (χ2v) is 4.82. The molecule has 0 bridgehead atoms. The summed E-state index contributed by atoms with van der Waals surface area (Å²) >= 11 is 6.33. The first-order valence-corrected chi connectivity index (χ1v) is 6.04. The van der Waals surface area contributed by atoms with Gasteiger partial charge >= 0.3 is 5.97 Å². The van der Waals surface area contributed by atoms with E-state index in [1.165, 1.54) is 7.11 Å². The second-order valence-electron chi connectivity index (χ2n) is 3.11. The van der Waals surface area contributed by atoms with Gasteiger partial charge in [-0.2, -0.15) is 0 Å². The molecule has 0 heterocycles. The highest BCUT2D eigenvalue weighted by Gasteiger charge is 2.14. The van der Waals surface area contributed by atoms with Crippen molar-refractivity contribution >= 4 is 43.5 Å². The lowest BCUT2D eigenvalue weighted by Crippen LogP contribution is -2.16. The summed E-state index contributed by atoms with van der Waals surface area (Å²) in [5.74, 6) is -1.08. The van der Waals surface area contributed by atoms with E-state index in [1.54, 1.807) is 12.1 Å². The fourth-order valence-corrected chi connectivity index (χ4v) is 2.45. The molecule has 1 aromatic rings. The molecule has 0 aliphatic heterocycles. The highest BCUT2D eigenvalue weighted by Crippen LogP contribution is 2.33. The van der Waals surface area contributed by atoms with Crippen LogP contribution in [-0.2, 0) is 16.1 Å². The Labute approximate surface area is 114 Å². The summed E-state index contributed by atoms with van der Waals surface area (Å²) in [5, 5.41) is 21.8. The molecule has 7 heteroatoms. The number of aliphatic carboxylic acids is 1. The average Bonchev–Trinajstić information content (AvgIpc) is 2.25. The van der Waals surface area contributed by atoms with E-state index in [9.17, 15) is 9.90 Å². The van der Waals surface area contributed by atoms with Crippen molar-refractivity contribution < 1.29 is 19.8 Å². The van der Waals surface area contributed by atoms with E-state index in [0.717, 1.165) is 0 Å². The van der Waals surface area contributed by atoms with E-state index in [0.29, 0.717) is 14.5 Å².